The Hall–Kier alpha value is -3.56. The minimum absolute atomic E-state index is 0.0451. The molecule has 2 aromatic carbocycles. The standard InChI is InChI=1S/C34H46N2O6Si/c1-10-16-41-34(39)36-28-19-31(42-43(21(3)4,22(5)6)23(7)8)30(40-9)18-27(28)32(37)35-20-26(17-29(35)33(36)38)25-14-12-24(11-2)13-15-25/h10,12-15,18-23,29,33,38H,1,11,16-17H2,2-9H3/t29-,33?/m0/s1. The van der Waals surface area contributed by atoms with Gasteiger partial charge in [-0.1, -0.05) is 85.4 Å². The third-order valence-electron chi connectivity index (χ3n) is 8.94. The van der Waals surface area contributed by atoms with Crippen LogP contribution in [0, 0.1) is 0 Å². The van der Waals surface area contributed by atoms with E-state index in [1.165, 1.54) is 21.4 Å². The number of rotatable bonds is 10. The monoisotopic (exact) mass is 606 g/mol. The molecule has 232 valence electrons. The number of aliphatic hydroxyl groups is 1. The molecule has 0 radical (unpaired) electrons. The summed E-state index contributed by atoms with van der Waals surface area (Å²) < 4.78 is 18.2. The molecule has 0 saturated carbocycles. The summed E-state index contributed by atoms with van der Waals surface area (Å²) in [6.07, 6.45) is 2.38. The van der Waals surface area contributed by atoms with E-state index in [-0.39, 0.29) is 40.4 Å². The molecule has 2 aromatic rings. The van der Waals surface area contributed by atoms with Crippen molar-refractivity contribution in [3.05, 3.63) is 71.9 Å². The van der Waals surface area contributed by atoms with Gasteiger partial charge in [0.1, 0.15) is 12.4 Å². The summed E-state index contributed by atoms with van der Waals surface area (Å²) in [4.78, 5) is 30.5. The number of nitrogens with zero attached hydrogens (tertiary/aromatic N) is 2. The maximum absolute atomic E-state index is 14.2. The molecule has 1 unspecified atom stereocenters. The smallest absolute Gasteiger partial charge is 0.416 e. The van der Waals surface area contributed by atoms with Crippen molar-refractivity contribution < 1.29 is 28.6 Å². The van der Waals surface area contributed by atoms with Crippen molar-refractivity contribution in [3.8, 4) is 11.5 Å². The number of aryl methyl sites for hydroxylation is 1. The lowest BCUT2D eigenvalue weighted by Gasteiger charge is -2.42. The highest BCUT2D eigenvalue weighted by Gasteiger charge is 2.49. The van der Waals surface area contributed by atoms with Crippen LogP contribution in [0.2, 0.25) is 16.6 Å². The van der Waals surface area contributed by atoms with Crippen molar-refractivity contribution in [1.29, 1.82) is 0 Å². The predicted molar refractivity (Wildman–Crippen MR) is 173 cm³/mol. The summed E-state index contributed by atoms with van der Waals surface area (Å²) >= 11 is 0. The Bertz CT molecular complexity index is 1360. The lowest BCUT2D eigenvalue weighted by molar-refractivity contribution is 0.0559. The maximum Gasteiger partial charge on any atom is 0.416 e. The number of anilines is 1. The Morgan fingerprint density at radius 1 is 1.07 bits per heavy atom. The second kappa shape index (κ2) is 13.0. The van der Waals surface area contributed by atoms with Gasteiger partial charge in [-0.15, -0.1) is 0 Å². The Kier molecular flexibility index (Phi) is 9.76. The van der Waals surface area contributed by atoms with Crippen molar-refractivity contribution in [2.45, 2.75) is 90.2 Å². The molecule has 9 heteroatoms. The number of amides is 2. The molecule has 8 nitrogen and oxygen atoms in total. The Labute approximate surface area is 257 Å². The average molecular weight is 607 g/mol. The van der Waals surface area contributed by atoms with Crippen LogP contribution >= 0.6 is 0 Å². The van der Waals surface area contributed by atoms with E-state index >= 15 is 0 Å². The topological polar surface area (TPSA) is 88.5 Å². The summed E-state index contributed by atoms with van der Waals surface area (Å²) in [5.41, 5.74) is 4.33. The predicted octanol–water partition coefficient (Wildman–Crippen LogP) is 7.53. The van der Waals surface area contributed by atoms with Crippen LogP contribution in [-0.4, -0.2) is 56.3 Å². The van der Waals surface area contributed by atoms with E-state index in [9.17, 15) is 14.7 Å². The van der Waals surface area contributed by atoms with Gasteiger partial charge in [0, 0.05) is 12.3 Å². The third kappa shape index (κ3) is 5.85. The van der Waals surface area contributed by atoms with Crippen molar-refractivity contribution in [3.63, 3.8) is 0 Å². The number of carbonyl (C=O) groups is 2. The van der Waals surface area contributed by atoms with Gasteiger partial charge in [0.15, 0.2) is 12.0 Å². The fourth-order valence-corrected chi connectivity index (χ4v) is 12.1. The zero-order valence-corrected chi connectivity index (χ0v) is 27.7. The number of aliphatic hydroxyl groups excluding tert-OH is 1. The highest BCUT2D eigenvalue weighted by atomic mass is 28.4. The molecule has 43 heavy (non-hydrogen) atoms. The van der Waals surface area contributed by atoms with Crippen molar-refractivity contribution in [2.24, 2.45) is 0 Å². The number of hydrogen-bond acceptors (Lipinski definition) is 6. The average Bonchev–Trinajstić information content (AvgIpc) is 3.40. The fourth-order valence-electron chi connectivity index (χ4n) is 6.81. The van der Waals surface area contributed by atoms with Crippen molar-refractivity contribution in [1.82, 2.24) is 4.90 Å². The van der Waals surface area contributed by atoms with Gasteiger partial charge in [-0.05, 0) is 52.2 Å². The SMILES string of the molecule is C=CCOC(=O)N1c2cc(O[Si](C(C)C)(C(C)C)C(C)C)c(OC)cc2C(=O)N2C=C(c3ccc(CC)cc3)C[C@H]2C1O. The van der Waals surface area contributed by atoms with E-state index in [1.807, 2.05) is 12.1 Å². The first kappa shape index (κ1) is 32.4. The summed E-state index contributed by atoms with van der Waals surface area (Å²) in [6.45, 7) is 18.8. The second-order valence-corrected chi connectivity index (χ2v) is 17.7. The number of benzene rings is 2. The molecule has 2 aliphatic rings. The highest BCUT2D eigenvalue weighted by molar-refractivity contribution is 6.78. The van der Waals surface area contributed by atoms with Crippen LogP contribution in [0.5, 0.6) is 11.5 Å². The van der Waals surface area contributed by atoms with Crippen LogP contribution in [0.3, 0.4) is 0 Å². The summed E-state index contributed by atoms with van der Waals surface area (Å²) in [5, 5.41) is 11.8. The molecule has 1 N–H and O–H groups in total. The maximum atomic E-state index is 14.2. The molecule has 2 aliphatic heterocycles. The van der Waals surface area contributed by atoms with Gasteiger partial charge in [-0.2, -0.15) is 0 Å². The van der Waals surface area contributed by atoms with Gasteiger partial charge >= 0.3 is 6.09 Å². The number of fused-ring (bicyclic) bond motifs is 2. The molecule has 0 spiro atoms. The summed E-state index contributed by atoms with van der Waals surface area (Å²) in [7, 11) is -0.907. The van der Waals surface area contributed by atoms with Crippen LogP contribution in [0.25, 0.3) is 5.57 Å². The highest BCUT2D eigenvalue weighted by Crippen LogP contribution is 2.48. The van der Waals surface area contributed by atoms with Crippen LogP contribution in [-0.2, 0) is 11.2 Å². The molecule has 0 aromatic heterocycles. The van der Waals surface area contributed by atoms with Gasteiger partial charge in [-0.25, -0.2) is 9.69 Å². The van der Waals surface area contributed by atoms with Gasteiger partial charge in [0.05, 0.1) is 24.4 Å². The molecule has 0 aliphatic carbocycles. The zero-order valence-electron chi connectivity index (χ0n) is 26.7. The number of hydrogen-bond donors (Lipinski definition) is 1. The van der Waals surface area contributed by atoms with Crippen LogP contribution in [0.4, 0.5) is 10.5 Å². The molecule has 2 heterocycles. The lowest BCUT2D eigenvalue weighted by Crippen LogP contribution is -2.51. The third-order valence-corrected chi connectivity index (χ3v) is 14.9. The summed E-state index contributed by atoms with van der Waals surface area (Å²) in [6, 6.07) is 10.7. The van der Waals surface area contributed by atoms with E-state index < -0.39 is 26.7 Å². The number of carbonyl (C=O) groups excluding carboxylic acids is 2. The molecule has 0 fully saturated rings. The quantitative estimate of drug-likeness (QED) is 0.222. The molecule has 2 atom stereocenters. The summed E-state index contributed by atoms with van der Waals surface area (Å²) in [5.74, 6) is 0.500. The van der Waals surface area contributed by atoms with E-state index in [0.29, 0.717) is 17.9 Å². The molecule has 0 saturated heterocycles. The van der Waals surface area contributed by atoms with Crippen LogP contribution in [0.15, 0.2) is 55.3 Å². The Morgan fingerprint density at radius 2 is 1.70 bits per heavy atom. The first-order valence-electron chi connectivity index (χ1n) is 15.2. The molecular formula is C34H46N2O6Si. The Morgan fingerprint density at radius 3 is 2.23 bits per heavy atom. The Balaban J connectivity index is 1.88. The zero-order chi connectivity index (χ0) is 31.6. The largest absolute Gasteiger partial charge is 0.540 e. The normalized spacial score (nSPS) is 18.4. The van der Waals surface area contributed by atoms with Gasteiger partial charge in [0.2, 0.25) is 0 Å². The van der Waals surface area contributed by atoms with E-state index in [0.717, 1.165) is 17.6 Å². The number of ether oxygens (including phenoxy) is 2. The minimum Gasteiger partial charge on any atom is -0.540 e. The number of methoxy groups -OCH3 is 1. The van der Waals surface area contributed by atoms with Gasteiger partial charge in [0.25, 0.3) is 14.2 Å². The van der Waals surface area contributed by atoms with Gasteiger partial charge < -0.3 is 23.9 Å². The molecule has 2 amide bonds. The van der Waals surface area contributed by atoms with E-state index in [1.54, 1.807) is 25.4 Å². The fraction of sp³-hybridized carbons (Fsp3) is 0.471. The minimum atomic E-state index is -2.45. The lowest BCUT2D eigenvalue weighted by atomic mass is 9.99. The van der Waals surface area contributed by atoms with Crippen molar-refractivity contribution >= 4 is 31.6 Å². The van der Waals surface area contributed by atoms with Gasteiger partial charge in [-0.3, -0.25) is 4.79 Å². The molecule has 0 bridgehead atoms. The van der Waals surface area contributed by atoms with E-state index in [4.69, 9.17) is 13.9 Å². The second-order valence-electron chi connectivity index (χ2n) is 12.3. The van der Waals surface area contributed by atoms with Crippen LogP contribution < -0.4 is 14.1 Å². The molecule has 4 rings (SSSR count). The van der Waals surface area contributed by atoms with E-state index in [2.05, 4.69) is 67.2 Å². The molecular weight excluding hydrogens is 560 g/mol. The first-order valence-corrected chi connectivity index (χ1v) is 17.3. The first-order chi connectivity index (χ1) is 20.4. The van der Waals surface area contributed by atoms with Crippen LogP contribution in [0.1, 0.15) is 76.4 Å². The van der Waals surface area contributed by atoms with Crippen molar-refractivity contribution in [2.75, 3.05) is 18.6 Å².